The molecule has 0 aliphatic carbocycles. The maximum absolute atomic E-state index is 5.84. The van der Waals surface area contributed by atoms with Crippen molar-refractivity contribution in [3.05, 3.63) is 48.6 Å². The van der Waals surface area contributed by atoms with Crippen LogP contribution in [0.5, 0.6) is 17.2 Å². The summed E-state index contributed by atoms with van der Waals surface area (Å²) >= 11 is 1.52. The number of hydrogen-bond donors (Lipinski definition) is 0. The third-order valence-corrected chi connectivity index (χ3v) is 5.21. The molecule has 4 rings (SSSR count). The molecule has 0 aliphatic rings. The second kappa shape index (κ2) is 8.36. The van der Waals surface area contributed by atoms with E-state index in [4.69, 9.17) is 18.6 Å². The Labute approximate surface area is 171 Å². The van der Waals surface area contributed by atoms with Gasteiger partial charge in [-0.3, -0.25) is 0 Å². The maximum Gasteiger partial charge on any atom is 0.248 e. The topological polar surface area (TPSA) is 92.4 Å². The Kier molecular flexibility index (Phi) is 5.48. The van der Waals surface area contributed by atoms with Gasteiger partial charge < -0.3 is 18.6 Å². The molecule has 2 heterocycles. The van der Waals surface area contributed by atoms with Gasteiger partial charge in [0.15, 0.2) is 11.5 Å². The van der Waals surface area contributed by atoms with Gasteiger partial charge in [0.2, 0.25) is 17.5 Å². The molecule has 29 heavy (non-hydrogen) atoms. The van der Waals surface area contributed by atoms with Gasteiger partial charge in [-0.15, -0.1) is 10.2 Å². The van der Waals surface area contributed by atoms with E-state index in [0.717, 1.165) is 15.9 Å². The molecule has 0 bridgehead atoms. The molecule has 148 valence electrons. The van der Waals surface area contributed by atoms with Crippen LogP contribution < -0.4 is 14.2 Å². The zero-order valence-electron chi connectivity index (χ0n) is 16.1. The SMILES string of the molecule is COc1cc(-c2nnc(CSc3ncnc4ccccc34)o2)cc(OC)c1OC. The molecule has 8 nitrogen and oxygen atoms in total. The van der Waals surface area contributed by atoms with E-state index in [1.807, 2.05) is 24.3 Å². The average molecular weight is 410 g/mol. The highest BCUT2D eigenvalue weighted by Crippen LogP contribution is 2.41. The molecule has 2 aromatic heterocycles. The van der Waals surface area contributed by atoms with Gasteiger partial charge in [0, 0.05) is 10.9 Å². The number of thioether (sulfide) groups is 1. The Hall–Kier alpha value is -3.33. The number of ether oxygens (including phenoxy) is 3. The van der Waals surface area contributed by atoms with Crippen molar-refractivity contribution < 1.29 is 18.6 Å². The van der Waals surface area contributed by atoms with Crippen molar-refractivity contribution >= 4 is 22.7 Å². The summed E-state index contributed by atoms with van der Waals surface area (Å²) in [7, 11) is 4.67. The fourth-order valence-corrected chi connectivity index (χ4v) is 3.69. The average Bonchev–Trinajstić information content (AvgIpc) is 3.25. The predicted molar refractivity (Wildman–Crippen MR) is 108 cm³/mol. The fraction of sp³-hybridized carbons (Fsp3) is 0.200. The number of para-hydroxylation sites is 1. The Morgan fingerprint density at radius 1 is 0.931 bits per heavy atom. The van der Waals surface area contributed by atoms with Crippen LogP contribution in [0, 0.1) is 0 Å². The fourth-order valence-electron chi connectivity index (χ4n) is 2.86. The van der Waals surface area contributed by atoms with Crippen LogP contribution in [0.4, 0.5) is 0 Å². The molecule has 0 unspecified atom stereocenters. The van der Waals surface area contributed by atoms with Crippen LogP contribution in [0.15, 0.2) is 52.2 Å². The first-order chi connectivity index (χ1) is 14.2. The third-order valence-electron chi connectivity index (χ3n) is 4.22. The number of hydrogen-bond acceptors (Lipinski definition) is 9. The number of fused-ring (bicyclic) bond motifs is 1. The van der Waals surface area contributed by atoms with Gasteiger partial charge in [-0.05, 0) is 18.2 Å². The van der Waals surface area contributed by atoms with Crippen LogP contribution in [0.25, 0.3) is 22.4 Å². The van der Waals surface area contributed by atoms with Gasteiger partial charge >= 0.3 is 0 Å². The molecular formula is C20H18N4O4S. The second-order valence-electron chi connectivity index (χ2n) is 5.90. The van der Waals surface area contributed by atoms with Crippen molar-refractivity contribution in [2.75, 3.05) is 21.3 Å². The lowest BCUT2D eigenvalue weighted by atomic mass is 10.2. The summed E-state index contributed by atoms with van der Waals surface area (Å²) in [4.78, 5) is 8.64. The smallest absolute Gasteiger partial charge is 0.248 e. The Morgan fingerprint density at radius 3 is 2.41 bits per heavy atom. The molecule has 0 atom stereocenters. The lowest BCUT2D eigenvalue weighted by molar-refractivity contribution is 0.324. The highest BCUT2D eigenvalue weighted by molar-refractivity contribution is 7.98. The third kappa shape index (κ3) is 3.81. The molecule has 4 aromatic rings. The molecule has 0 radical (unpaired) electrons. The summed E-state index contributed by atoms with van der Waals surface area (Å²) < 4.78 is 21.9. The highest BCUT2D eigenvalue weighted by atomic mass is 32.2. The Balaban J connectivity index is 1.57. The van der Waals surface area contributed by atoms with Crippen molar-refractivity contribution in [1.29, 1.82) is 0 Å². The van der Waals surface area contributed by atoms with Gasteiger partial charge in [-0.25, -0.2) is 9.97 Å². The lowest BCUT2D eigenvalue weighted by Crippen LogP contribution is -1.95. The van der Waals surface area contributed by atoms with Crippen molar-refractivity contribution in [3.8, 4) is 28.7 Å². The number of methoxy groups -OCH3 is 3. The van der Waals surface area contributed by atoms with Crippen LogP contribution in [0.2, 0.25) is 0 Å². The first kappa shape index (κ1) is 19.0. The molecule has 0 fully saturated rings. The Morgan fingerprint density at radius 2 is 1.69 bits per heavy atom. The first-order valence-corrected chi connectivity index (χ1v) is 9.67. The van der Waals surface area contributed by atoms with Gasteiger partial charge in [0.05, 0.1) is 32.6 Å². The molecule has 2 aromatic carbocycles. The van der Waals surface area contributed by atoms with Gasteiger partial charge in [0.25, 0.3) is 0 Å². The van der Waals surface area contributed by atoms with E-state index in [1.165, 1.54) is 11.8 Å². The summed E-state index contributed by atoms with van der Waals surface area (Å²) in [6.07, 6.45) is 1.56. The molecule has 0 N–H and O–H groups in total. The summed E-state index contributed by atoms with van der Waals surface area (Å²) in [5, 5.41) is 10.2. The van der Waals surface area contributed by atoms with E-state index < -0.39 is 0 Å². The van der Waals surface area contributed by atoms with E-state index in [1.54, 1.807) is 39.8 Å². The second-order valence-corrected chi connectivity index (χ2v) is 6.86. The van der Waals surface area contributed by atoms with Crippen molar-refractivity contribution in [2.24, 2.45) is 0 Å². The molecule has 0 amide bonds. The monoisotopic (exact) mass is 410 g/mol. The first-order valence-electron chi connectivity index (χ1n) is 8.68. The minimum atomic E-state index is 0.368. The zero-order valence-corrected chi connectivity index (χ0v) is 16.9. The standard InChI is InChI=1S/C20H18N4O4S/c1-25-15-8-12(9-16(26-2)18(15)27-3)19-24-23-17(28-19)10-29-20-13-6-4-5-7-14(13)21-11-22-20/h4-9,11H,10H2,1-3H3. The van der Waals surface area contributed by atoms with Gasteiger partial charge in [-0.1, -0.05) is 30.0 Å². The van der Waals surface area contributed by atoms with Crippen LogP contribution in [0.1, 0.15) is 5.89 Å². The van der Waals surface area contributed by atoms with Crippen molar-refractivity contribution in [3.63, 3.8) is 0 Å². The minimum Gasteiger partial charge on any atom is -0.493 e. The minimum absolute atomic E-state index is 0.368. The largest absolute Gasteiger partial charge is 0.493 e. The van der Waals surface area contributed by atoms with Crippen LogP contribution in [-0.4, -0.2) is 41.5 Å². The molecule has 0 spiro atoms. The van der Waals surface area contributed by atoms with Gasteiger partial charge in [-0.2, -0.15) is 0 Å². The Bertz CT molecular complexity index is 1120. The quantitative estimate of drug-likeness (QED) is 0.331. The predicted octanol–water partition coefficient (Wildman–Crippen LogP) is 4.00. The number of nitrogens with zero attached hydrogens (tertiary/aromatic N) is 4. The molecular weight excluding hydrogens is 392 g/mol. The van der Waals surface area contributed by atoms with Crippen molar-refractivity contribution in [1.82, 2.24) is 20.2 Å². The van der Waals surface area contributed by atoms with E-state index in [0.29, 0.717) is 40.3 Å². The van der Waals surface area contributed by atoms with E-state index in [-0.39, 0.29) is 0 Å². The normalized spacial score (nSPS) is 10.9. The summed E-state index contributed by atoms with van der Waals surface area (Å²) in [5.41, 5.74) is 1.57. The highest BCUT2D eigenvalue weighted by Gasteiger charge is 2.18. The molecule has 9 heteroatoms. The van der Waals surface area contributed by atoms with E-state index in [9.17, 15) is 0 Å². The van der Waals surface area contributed by atoms with Crippen LogP contribution >= 0.6 is 11.8 Å². The number of rotatable bonds is 7. The molecule has 0 aliphatic heterocycles. The van der Waals surface area contributed by atoms with Crippen LogP contribution in [-0.2, 0) is 5.75 Å². The van der Waals surface area contributed by atoms with Crippen LogP contribution in [0.3, 0.4) is 0 Å². The van der Waals surface area contributed by atoms with Gasteiger partial charge in [0.1, 0.15) is 11.4 Å². The molecule has 0 saturated heterocycles. The number of benzene rings is 2. The molecule has 0 saturated carbocycles. The summed E-state index contributed by atoms with van der Waals surface area (Å²) in [6, 6.07) is 11.4. The number of aromatic nitrogens is 4. The van der Waals surface area contributed by atoms with Crippen molar-refractivity contribution in [2.45, 2.75) is 10.8 Å². The summed E-state index contributed by atoms with van der Waals surface area (Å²) in [6.45, 7) is 0. The maximum atomic E-state index is 5.84. The van der Waals surface area contributed by atoms with E-state index in [2.05, 4.69) is 20.2 Å². The van der Waals surface area contributed by atoms with E-state index >= 15 is 0 Å². The summed E-state index contributed by atoms with van der Waals surface area (Å²) in [5.74, 6) is 2.88. The lowest BCUT2D eigenvalue weighted by Gasteiger charge is -2.12. The zero-order chi connectivity index (χ0) is 20.2.